The number of hydrogen-bond donors (Lipinski definition) is 2. The van der Waals surface area contributed by atoms with Gasteiger partial charge in [0.2, 0.25) is 0 Å². The highest BCUT2D eigenvalue weighted by molar-refractivity contribution is 7.80. The van der Waals surface area contributed by atoms with Crippen LogP contribution in [0, 0.1) is 0 Å². The zero-order valence-corrected chi connectivity index (χ0v) is 15.5. The van der Waals surface area contributed by atoms with Crippen LogP contribution in [0.5, 0.6) is 0 Å². The predicted octanol–water partition coefficient (Wildman–Crippen LogP) is 5.99. The highest BCUT2D eigenvalue weighted by Gasteiger charge is 2.09. The van der Waals surface area contributed by atoms with E-state index in [1.165, 1.54) is 11.1 Å². The van der Waals surface area contributed by atoms with Crippen LogP contribution in [0.4, 0.5) is 5.69 Å². The Morgan fingerprint density at radius 2 is 1.83 bits per heavy atom. The van der Waals surface area contributed by atoms with Crippen LogP contribution in [0.2, 0.25) is 10.0 Å². The van der Waals surface area contributed by atoms with Crippen molar-refractivity contribution in [2.75, 3.05) is 5.32 Å². The molecule has 0 aliphatic rings. The molecule has 0 fully saturated rings. The Bertz CT molecular complexity index is 671. The molecular formula is C18H20Cl2N2S. The van der Waals surface area contributed by atoms with Gasteiger partial charge in [-0.3, -0.25) is 0 Å². The van der Waals surface area contributed by atoms with Gasteiger partial charge in [0.25, 0.3) is 0 Å². The molecule has 23 heavy (non-hydrogen) atoms. The van der Waals surface area contributed by atoms with Gasteiger partial charge in [-0.15, -0.1) is 0 Å². The van der Waals surface area contributed by atoms with E-state index in [1.807, 2.05) is 0 Å². The molecule has 2 N–H and O–H groups in total. The Kier molecular flexibility index (Phi) is 6.70. The molecule has 0 aliphatic heterocycles. The van der Waals surface area contributed by atoms with E-state index in [4.69, 9.17) is 35.4 Å². The smallest absolute Gasteiger partial charge is 0.171 e. The molecule has 1 unspecified atom stereocenters. The summed E-state index contributed by atoms with van der Waals surface area (Å²) in [5.41, 5.74) is 3.24. The first-order chi connectivity index (χ1) is 11.0. The van der Waals surface area contributed by atoms with Gasteiger partial charge >= 0.3 is 0 Å². The molecule has 5 heteroatoms. The Hall–Kier alpha value is -1.29. The van der Waals surface area contributed by atoms with Gasteiger partial charge in [0, 0.05) is 5.02 Å². The molecule has 2 aromatic carbocycles. The molecule has 0 amide bonds. The molecule has 122 valence electrons. The average molecular weight is 367 g/mol. The minimum atomic E-state index is 0.101. The van der Waals surface area contributed by atoms with Crippen LogP contribution in [0.25, 0.3) is 0 Å². The van der Waals surface area contributed by atoms with Crippen molar-refractivity contribution in [2.45, 2.75) is 32.7 Å². The molecule has 0 saturated heterocycles. The summed E-state index contributed by atoms with van der Waals surface area (Å²) in [4.78, 5) is 0. The fraction of sp³-hybridized carbons (Fsp3) is 0.278. The minimum absolute atomic E-state index is 0.101. The van der Waals surface area contributed by atoms with Gasteiger partial charge in [-0.1, -0.05) is 60.8 Å². The molecular weight excluding hydrogens is 347 g/mol. The van der Waals surface area contributed by atoms with E-state index in [0.717, 1.165) is 12.8 Å². The first kappa shape index (κ1) is 18.1. The first-order valence-corrected chi connectivity index (χ1v) is 8.77. The number of aryl methyl sites for hydroxylation is 1. The van der Waals surface area contributed by atoms with Gasteiger partial charge < -0.3 is 10.6 Å². The van der Waals surface area contributed by atoms with Crippen LogP contribution in [-0.2, 0) is 6.42 Å². The lowest BCUT2D eigenvalue weighted by atomic mass is 10.0. The molecule has 1 atom stereocenters. The minimum Gasteiger partial charge on any atom is -0.356 e. The first-order valence-electron chi connectivity index (χ1n) is 7.61. The van der Waals surface area contributed by atoms with Gasteiger partial charge in [0.15, 0.2) is 5.11 Å². The fourth-order valence-corrected chi connectivity index (χ4v) is 2.92. The largest absolute Gasteiger partial charge is 0.356 e. The molecule has 0 aromatic heterocycles. The zero-order valence-electron chi connectivity index (χ0n) is 13.2. The van der Waals surface area contributed by atoms with Crippen LogP contribution in [0.3, 0.4) is 0 Å². The van der Waals surface area contributed by atoms with E-state index < -0.39 is 0 Å². The maximum Gasteiger partial charge on any atom is 0.171 e. The second-order valence-electron chi connectivity index (χ2n) is 5.44. The van der Waals surface area contributed by atoms with E-state index in [1.54, 1.807) is 18.2 Å². The molecule has 2 nitrogen and oxygen atoms in total. The van der Waals surface area contributed by atoms with Crippen molar-refractivity contribution in [1.29, 1.82) is 0 Å². The summed E-state index contributed by atoms with van der Waals surface area (Å²) in [6.07, 6.45) is 2.26. The Labute approximate surface area is 153 Å². The summed E-state index contributed by atoms with van der Waals surface area (Å²) < 4.78 is 0. The molecule has 2 aromatic rings. The molecule has 2 rings (SSSR count). The summed E-state index contributed by atoms with van der Waals surface area (Å²) in [6, 6.07) is 13.9. The maximum absolute atomic E-state index is 6.13. The predicted molar refractivity (Wildman–Crippen MR) is 105 cm³/mol. The monoisotopic (exact) mass is 366 g/mol. The van der Waals surface area contributed by atoms with Crippen molar-refractivity contribution in [2.24, 2.45) is 0 Å². The van der Waals surface area contributed by atoms with Gasteiger partial charge in [0.05, 0.1) is 16.8 Å². The maximum atomic E-state index is 6.13. The van der Waals surface area contributed by atoms with Crippen LogP contribution >= 0.6 is 35.4 Å². The molecule has 0 radical (unpaired) electrons. The third kappa shape index (κ3) is 5.38. The van der Waals surface area contributed by atoms with E-state index >= 15 is 0 Å². The van der Waals surface area contributed by atoms with E-state index in [2.05, 4.69) is 48.7 Å². The lowest BCUT2D eigenvalue weighted by molar-refractivity contribution is 0.722. The standard InChI is InChI=1S/C18H20Cl2N2S/c1-3-4-13-5-7-14(8-6-13)12(2)21-18(23)22-17-11-15(19)9-10-16(17)20/h5-12H,3-4H2,1-2H3,(H2,21,22,23). The Balaban J connectivity index is 1.97. The van der Waals surface area contributed by atoms with Crippen molar-refractivity contribution in [1.82, 2.24) is 5.32 Å². The molecule has 0 spiro atoms. The van der Waals surface area contributed by atoms with Crippen molar-refractivity contribution < 1.29 is 0 Å². The summed E-state index contributed by atoms with van der Waals surface area (Å²) in [5, 5.41) is 8.05. The second kappa shape index (κ2) is 8.53. The highest BCUT2D eigenvalue weighted by Crippen LogP contribution is 2.25. The van der Waals surface area contributed by atoms with Crippen molar-refractivity contribution in [3.05, 3.63) is 63.6 Å². The summed E-state index contributed by atoms with van der Waals surface area (Å²) in [6.45, 7) is 4.26. The zero-order chi connectivity index (χ0) is 16.8. The Morgan fingerprint density at radius 1 is 1.13 bits per heavy atom. The number of nitrogens with one attached hydrogen (secondary N) is 2. The molecule has 0 aliphatic carbocycles. The third-order valence-electron chi connectivity index (χ3n) is 3.54. The normalized spacial score (nSPS) is 11.8. The number of anilines is 1. The van der Waals surface area contributed by atoms with Crippen molar-refractivity contribution >= 4 is 46.2 Å². The molecule has 0 bridgehead atoms. The van der Waals surface area contributed by atoms with Gasteiger partial charge in [-0.25, -0.2) is 0 Å². The SMILES string of the molecule is CCCc1ccc(C(C)NC(=S)Nc2cc(Cl)ccc2Cl)cc1. The number of thiocarbonyl (C=S) groups is 1. The Morgan fingerprint density at radius 3 is 2.48 bits per heavy atom. The van der Waals surface area contributed by atoms with Crippen molar-refractivity contribution in [3.8, 4) is 0 Å². The van der Waals surface area contributed by atoms with Crippen LogP contribution in [0.1, 0.15) is 37.4 Å². The number of halogens is 2. The summed E-state index contributed by atoms with van der Waals surface area (Å²) >= 11 is 17.5. The number of hydrogen-bond acceptors (Lipinski definition) is 1. The number of benzene rings is 2. The van der Waals surface area contributed by atoms with Crippen LogP contribution in [-0.4, -0.2) is 5.11 Å². The van der Waals surface area contributed by atoms with Gasteiger partial charge in [-0.2, -0.15) is 0 Å². The van der Waals surface area contributed by atoms with Crippen LogP contribution < -0.4 is 10.6 Å². The second-order valence-corrected chi connectivity index (χ2v) is 6.69. The van der Waals surface area contributed by atoms with E-state index in [-0.39, 0.29) is 6.04 Å². The third-order valence-corrected chi connectivity index (χ3v) is 4.33. The van der Waals surface area contributed by atoms with E-state index in [9.17, 15) is 0 Å². The van der Waals surface area contributed by atoms with Crippen LogP contribution in [0.15, 0.2) is 42.5 Å². The quantitative estimate of drug-likeness (QED) is 0.635. The highest BCUT2D eigenvalue weighted by atomic mass is 35.5. The van der Waals surface area contributed by atoms with E-state index in [0.29, 0.717) is 20.8 Å². The average Bonchev–Trinajstić information content (AvgIpc) is 2.52. The van der Waals surface area contributed by atoms with Gasteiger partial charge in [-0.05, 0) is 54.9 Å². The van der Waals surface area contributed by atoms with Crippen molar-refractivity contribution in [3.63, 3.8) is 0 Å². The topological polar surface area (TPSA) is 24.1 Å². The summed E-state index contributed by atoms with van der Waals surface area (Å²) in [5.74, 6) is 0. The summed E-state index contributed by atoms with van der Waals surface area (Å²) in [7, 11) is 0. The fourth-order valence-electron chi connectivity index (χ4n) is 2.29. The number of rotatable bonds is 5. The van der Waals surface area contributed by atoms with Gasteiger partial charge in [0.1, 0.15) is 0 Å². The molecule has 0 saturated carbocycles. The lowest BCUT2D eigenvalue weighted by Gasteiger charge is -2.18. The molecule has 0 heterocycles. The lowest BCUT2D eigenvalue weighted by Crippen LogP contribution is -2.31.